The molecular weight excluding hydrogens is 436 g/mol. The molecule has 2 aliphatic rings. The molecule has 0 saturated carbocycles. The van der Waals surface area contributed by atoms with Crippen molar-refractivity contribution in [1.82, 2.24) is 9.21 Å². The molecule has 7 heteroatoms. The third kappa shape index (κ3) is 5.76. The molecule has 2 saturated heterocycles. The second-order valence-corrected chi connectivity index (χ2v) is 11.0. The number of sulfonamides is 1. The van der Waals surface area contributed by atoms with E-state index in [0.717, 1.165) is 38.8 Å². The summed E-state index contributed by atoms with van der Waals surface area (Å²) in [6.45, 7) is 4.67. The van der Waals surface area contributed by atoms with Crippen molar-refractivity contribution in [2.24, 2.45) is 11.8 Å². The number of carbonyl (C=O) groups excluding carboxylic acids is 1. The van der Waals surface area contributed by atoms with Crippen LogP contribution in [-0.4, -0.2) is 56.3 Å². The largest absolute Gasteiger partial charge is 0.494 e. The minimum absolute atomic E-state index is 0.111. The summed E-state index contributed by atoms with van der Waals surface area (Å²) in [5.41, 5.74) is 1.35. The van der Waals surface area contributed by atoms with Gasteiger partial charge in [0.05, 0.1) is 17.4 Å². The summed E-state index contributed by atoms with van der Waals surface area (Å²) in [6.07, 6.45) is 4.51. The molecule has 1 amide bonds. The van der Waals surface area contributed by atoms with E-state index >= 15 is 0 Å². The standard InChI is InChI=1S/C26H34N2O4S/c1-2-32-24-10-12-25(13-11-24)33(30,31)28-16-6-9-23(20-28)26(29)27-17-14-22(15-18-27)19-21-7-4-3-5-8-21/h3-5,7-8,10-13,22-23H,2,6,9,14-20H2,1H3/t23-/m0/s1. The molecule has 2 aromatic carbocycles. The minimum Gasteiger partial charge on any atom is -0.494 e. The third-order valence-corrected chi connectivity index (χ3v) is 8.68. The molecule has 2 heterocycles. The van der Waals surface area contributed by atoms with Crippen LogP contribution >= 0.6 is 0 Å². The lowest BCUT2D eigenvalue weighted by Crippen LogP contribution is -2.48. The van der Waals surface area contributed by atoms with E-state index in [1.165, 1.54) is 9.87 Å². The lowest BCUT2D eigenvalue weighted by atomic mass is 9.89. The number of nitrogens with zero attached hydrogens (tertiary/aromatic N) is 2. The van der Waals surface area contributed by atoms with Crippen LogP contribution in [-0.2, 0) is 21.2 Å². The first-order chi connectivity index (χ1) is 16.0. The molecule has 0 unspecified atom stereocenters. The molecule has 2 fully saturated rings. The number of benzene rings is 2. The van der Waals surface area contributed by atoms with Crippen LogP contribution in [0.3, 0.4) is 0 Å². The SMILES string of the molecule is CCOc1ccc(S(=O)(=O)N2CCC[C@H](C(=O)N3CCC(Cc4ccccc4)CC3)C2)cc1. The summed E-state index contributed by atoms with van der Waals surface area (Å²) in [7, 11) is -3.63. The molecule has 33 heavy (non-hydrogen) atoms. The number of hydrogen-bond donors (Lipinski definition) is 0. The van der Waals surface area contributed by atoms with Crippen LogP contribution in [0.4, 0.5) is 0 Å². The highest BCUT2D eigenvalue weighted by atomic mass is 32.2. The third-order valence-electron chi connectivity index (χ3n) is 6.80. The highest BCUT2D eigenvalue weighted by Gasteiger charge is 2.36. The summed E-state index contributed by atoms with van der Waals surface area (Å²) >= 11 is 0. The minimum atomic E-state index is -3.63. The van der Waals surface area contributed by atoms with Gasteiger partial charge >= 0.3 is 0 Å². The molecule has 0 radical (unpaired) electrons. The van der Waals surface area contributed by atoms with Gasteiger partial charge in [-0.1, -0.05) is 30.3 Å². The van der Waals surface area contributed by atoms with E-state index in [4.69, 9.17) is 4.74 Å². The molecule has 178 valence electrons. The Balaban J connectivity index is 1.33. The van der Waals surface area contributed by atoms with Crippen LogP contribution in [0.5, 0.6) is 5.75 Å². The predicted octanol–water partition coefficient (Wildman–Crippen LogP) is 3.97. The molecule has 6 nitrogen and oxygen atoms in total. The van der Waals surface area contributed by atoms with Gasteiger partial charge in [0, 0.05) is 26.2 Å². The van der Waals surface area contributed by atoms with Gasteiger partial charge in [-0.05, 0) is 74.8 Å². The number of piperidine rings is 2. The Morgan fingerprint density at radius 1 is 0.970 bits per heavy atom. The lowest BCUT2D eigenvalue weighted by Gasteiger charge is -2.37. The van der Waals surface area contributed by atoms with Crippen molar-refractivity contribution in [3.05, 3.63) is 60.2 Å². The van der Waals surface area contributed by atoms with Crippen LogP contribution in [0.25, 0.3) is 0 Å². The maximum absolute atomic E-state index is 13.2. The number of rotatable bonds is 7. The van der Waals surface area contributed by atoms with Crippen LogP contribution in [0, 0.1) is 11.8 Å². The average Bonchev–Trinajstić information content (AvgIpc) is 2.85. The van der Waals surface area contributed by atoms with Crippen molar-refractivity contribution in [2.45, 2.75) is 43.9 Å². The van der Waals surface area contributed by atoms with Gasteiger partial charge in [0.25, 0.3) is 0 Å². The zero-order valence-corrected chi connectivity index (χ0v) is 20.2. The number of likely N-dealkylation sites (tertiary alicyclic amines) is 1. The van der Waals surface area contributed by atoms with Gasteiger partial charge < -0.3 is 9.64 Å². The maximum Gasteiger partial charge on any atom is 0.243 e. The Labute approximate surface area is 197 Å². The quantitative estimate of drug-likeness (QED) is 0.614. The Bertz CT molecular complexity index is 1020. The maximum atomic E-state index is 13.2. The summed E-state index contributed by atoms with van der Waals surface area (Å²) in [5.74, 6) is 1.10. The Morgan fingerprint density at radius 3 is 2.33 bits per heavy atom. The molecule has 1 atom stereocenters. The van der Waals surface area contributed by atoms with Crippen LogP contribution in [0.1, 0.15) is 38.2 Å². The summed E-state index contributed by atoms with van der Waals surface area (Å²) in [4.78, 5) is 15.4. The molecule has 0 aromatic heterocycles. The van der Waals surface area contributed by atoms with Gasteiger partial charge in [-0.2, -0.15) is 4.31 Å². The van der Waals surface area contributed by atoms with Crippen molar-refractivity contribution in [3.63, 3.8) is 0 Å². The fourth-order valence-electron chi connectivity index (χ4n) is 4.95. The highest BCUT2D eigenvalue weighted by Crippen LogP contribution is 2.28. The first-order valence-corrected chi connectivity index (χ1v) is 13.5. The van der Waals surface area contributed by atoms with Crippen molar-refractivity contribution >= 4 is 15.9 Å². The smallest absolute Gasteiger partial charge is 0.243 e. The van der Waals surface area contributed by atoms with Crippen molar-refractivity contribution in [1.29, 1.82) is 0 Å². The van der Waals surface area contributed by atoms with E-state index in [1.54, 1.807) is 24.3 Å². The van der Waals surface area contributed by atoms with E-state index in [-0.39, 0.29) is 23.3 Å². The van der Waals surface area contributed by atoms with Crippen molar-refractivity contribution in [2.75, 3.05) is 32.8 Å². The predicted molar refractivity (Wildman–Crippen MR) is 129 cm³/mol. The Hall–Kier alpha value is -2.38. The summed E-state index contributed by atoms with van der Waals surface area (Å²) in [6, 6.07) is 17.1. The number of ether oxygens (including phenoxy) is 1. The number of amides is 1. The van der Waals surface area contributed by atoms with E-state index < -0.39 is 10.0 Å². The van der Waals surface area contributed by atoms with E-state index in [2.05, 4.69) is 24.3 Å². The highest BCUT2D eigenvalue weighted by molar-refractivity contribution is 7.89. The van der Waals surface area contributed by atoms with Crippen molar-refractivity contribution < 1.29 is 17.9 Å². The Morgan fingerprint density at radius 2 is 1.67 bits per heavy atom. The zero-order chi connectivity index (χ0) is 23.3. The Kier molecular flexibility index (Phi) is 7.71. The van der Waals surface area contributed by atoms with E-state index in [0.29, 0.717) is 31.2 Å². The molecule has 0 spiro atoms. The summed E-state index contributed by atoms with van der Waals surface area (Å²) < 4.78 is 33.3. The van der Waals surface area contributed by atoms with Crippen LogP contribution in [0.2, 0.25) is 0 Å². The second-order valence-electron chi connectivity index (χ2n) is 9.07. The topological polar surface area (TPSA) is 66.9 Å². The van der Waals surface area contributed by atoms with Gasteiger partial charge in [-0.3, -0.25) is 4.79 Å². The van der Waals surface area contributed by atoms with E-state index in [9.17, 15) is 13.2 Å². The van der Waals surface area contributed by atoms with Gasteiger partial charge in [0.15, 0.2) is 0 Å². The monoisotopic (exact) mass is 470 g/mol. The summed E-state index contributed by atoms with van der Waals surface area (Å²) in [5, 5.41) is 0. The zero-order valence-electron chi connectivity index (χ0n) is 19.4. The van der Waals surface area contributed by atoms with Gasteiger partial charge in [-0.25, -0.2) is 8.42 Å². The average molecular weight is 471 g/mol. The molecule has 0 N–H and O–H groups in total. The molecule has 4 rings (SSSR count). The fourth-order valence-corrected chi connectivity index (χ4v) is 6.47. The molecule has 0 bridgehead atoms. The molecule has 0 aliphatic carbocycles. The van der Waals surface area contributed by atoms with Gasteiger partial charge in [0.1, 0.15) is 5.75 Å². The van der Waals surface area contributed by atoms with Crippen molar-refractivity contribution in [3.8, 4) is 5.75 Å². The number of carbonyl (C=O) groups is 1. The van der Waals surface area contributed by atoms with Gasteiger partial charge in [-0.15, -0.1) is 0 Å². The molecular formula is C26H34N2O4S. The lowest BCUT2D eigenvalue weighted by molar-refractivity contribution is -0.138. The fraction of sp³-hybridized carbons (Fsp3) is 0.500. The molecule has 2 aromatic rings. The molecule has 2 aliphatic heterocycles. The first kappa shape index (κ1) is 23.8. The first-order valence-electron chi connectivity index (χ1n) is 12.0. The second kappa shape index (κ2) is 10.7. The van der Waals surface area contributed by atoms with E-state index in [1.807, 2.05) is 17.9 Å². The normalized spacial score (nSPS) is 20.5. The van der Waals surface area contributed by atoms with Crippen LogP contribution in [0.15, 0.2) is 59.5 Å². The van der Waals surface area contributed by atoms with Gasteiger partial charge in [0.2, 0.25) is 15.9 Å². The number of hydrogen-bond acceptors (Lipinski definition) is 4. The van der Waals surface area contributed by atoms with Crippen LogP contribution < -0.4 is 4.74 Å².